The zero-order valence-corrected chi connectivity index (χ0v) is 10.1. The first-order valence-corrected chi connectivity index (χ1v) is 6.55. The summed E-state index contributed by atoms with van der Waals surface area (Å²) in [6, 6.07) is 8.44. The number of fused-ring (bicyclic) bond motifs is 3. The number of rotatable bonds is 1. The van der Waals surface area contributed by atoms with Crippen LogP contribution in [0.25, 0.3) is 0 Å². The summed E-state index contributed by atoms with van der Waals surface area (Å²) in [6.45, 7) is 3.95. The fourth-order valence-corrected chi connectivity index (χ4v) is 3.61. The third-order valence-electron chi connectivity index (χ3n) is 4.39. The molecule has 0 radical (unpaired) electrons. The van der Waals surface area contributed by atoms with Crippen molar-refractivity contribution < 1.29 is 4.79 Å². The van der Waals surface area contributed by atoms with Gasteiger partial charge in [-0.1, -0.05) is 30.3 Å². The van der Waals surface area contributed by atoms with E-state index in [0.717, 1.165) is 19.3 Å². The smallest absolute Gasteiger partial charge is 0.140 e. The van der Waals surface area contributed by atoms with E-state index < -0.39 is 0 Å². The van der Waals surface area contributed by atoms with Gasteiger partial charge in [0.05, 0.1) is 0 Å². The monoisotopic (exact) mass is 226 g/mol. The summed E-state index contributed by atoms with van der Waals surface area (Å²) in [7, 11) is 0. The summed E-state index contributed by atoms with van der Waals surface area (Å²) >= 11 is 0. The Morgan fingerprint density at radius 1 is 1.24 bits per heavy atom. The van der Waals surface area contributed by atoms with Crippen molar-refractivity contribution in [3.63, 3.8) is 0 Å². The normalized spacial score (nSPS) is 31.5. The Hall–Kier alpha value is -1.37. The summed E-state index contributed by atoms with van der Waals surface area (Å²) in [5.74, 6) is 1.62. The number of hydrogen-bond acceptors (Lipinski definition) is 1. The molecule has 88 valence electrons. The van der Waals surface area contributed by atoms with Crippen molar-refractivity contribution in [3.8, 4) is 0 Å². The predicted molar refractivity (Wildman–Crippen MR) is 69.1 cm³/mol. The summed E-state index contributed by atoms with van der Waals surface area (Å²) in [5, 5.41) is 0. The highest BCUT2D eigenvalue weighted by molar-refractivity contribution is 5.87. The molecule has 0 spiro atoms. The molecule has 1 unspecified atom stereocenters. The van der Waals surface area contributed by atoms with Crippen LogP contribution in [0.1, 0.15) is 48.6 Å². The van der Waals surface area contributed by atoms with Crippen molar-refractivity contribution >= 4 is 5.78 Å². The summed E-state index contributed by atoms with van der Waals surface area (Å²) in [5.41, 5.74) is 2.61. The molecule has 2 aliphatic carbocycles. The van der Waals surface area contributed by atoms with Crippen LogP contribution in [0.2, 0.25) is 0 Å². The third-order valence-corrected chi connectivity index (χ3v) is 4.39. The fourth-order valence-electron chi connectivity index (χ4n) is 3.61. The van der Waals surface area contributed by atoms with E-state index in [9.17, 15) is 4.79 Å². The average molecular weight is 226 g/mol. The molecule has 17 heavy (non-hydrogen) atoms. The second-order valence-electron chi connectivity index (χ2n) is 5.30. The molecule has 0 saturated heterocycles. The number of ketones is 1. The Morgan fingerprint density at radius 2 is 2.00 bits per heavy atom. The number of Topliss-reactive ketones (excluding diaryl/α,β-unsaturated/α-hetero) is 1. The third kappa shape index (κ3) is 1.65. The van der Waals surface area contributed by atoms with Gasteiger partial charge in [0, 0.05) is 18.3 Å². The van der Waals surface area contributed by atoms with Crippen LogP contribution >= 0.6 is 0 Å². The van der Waals surface area contributed by atoms with E-state index in [1.165, 1.54) is 17.5 Å². The Bertz CT molecular complexity index is 460. The number of hydrogen-bond donors (Lipinski definition) is 0. The van der Waals surface area contributed by atoms with Gasteiger partial charge in [0.2, 0.25) is 0 Å². The molecule has 1 nitrogen and oxygen atoms in total. The van der Waals surface area contributed by atoms with Crippen molar-refractivity contribution in [3.05, 3.63) is 48.0 Å². The van der Waals surface area contributed by atoms with Gasteiger partial charge in [-0.15, -0.1) is 6.58 Å². The van der Waals surface area contributed by atoms with Crippen LogP contribution in [0.15, 0.2) is 36.9 Å². The molecule has 1 fully saturated rings. The molecule has 0 amide bonds. The van der Waals surface area contributed by atoms with Gasteiger partial charge in [0.15, 0.2) is 0 Å². The van der Waals surface area contributed by atoms with Crippen LogP contribution in [-0.4, -0.2) is 5.78 Å². The molecule has 1 aromatic carbocycles. The zero-order valence-electron chi connectivity index (χ0n) is 10.1. The van der Waals surface area contributed by atoms with E-state index in [1.807, 2.05) is 6.08 Å². The molecule has 2 aliphatic rings. The van der Waals surface area contributed by atoms with E-state index in [2.05, 4.69) is 30.8 Å². The Morgan fingerprint density at radius 3 is 2.76 bits per heavy atom. The van der Waals surface area contributed by atoms with Gasteiger partial charge < -0.3 is 0 Å². The molecular weight excluding hydrogens is 208 g/mol. The summed E-state index contributed by atoms with van der Waals surface area (Å²) in [4.78, 5) is 12.2. The lowest BCUT2D eigenvalue weighted by Gasteiger charge is -2.39. The van der Waals surface area contributed by atoms with Crippen molar-refractivity contribution in [2.24, 2.45) is 5.92 Å². The average Bonchev–Trinajstić information content (AvgIpc) is 2.37. The van der Waals surface area contributed by atoms with Crippen molar-refractivity contribution in [1.29, 1.82) is 0 Å². The second-order valence-corrected chi connectivity index (χ2v) is 5.30. The molecule has 0 aliphatic heterocycles. The highest BCUT2D eigenvalue weighted by atomic mass is 16.1. The van der Waals surface area contributed by atoms with Gasteiger partial charge in [-0.05, 0) is 36.3 Å². The topological polar surface area (TPSA) is 17.1 Å². The molecule has 0 heterocycles. The summed E-state index contributed by atoms with van der Waals surface area (Å²) < 4.78 is 0. The Labute approximate surface area is 103 Å². The van der Waals surface area contributed by atoms with Gasteiger partial charge in [-0.25, -0.2) is 0 Å². The largest absolute Gasteiger partial charge is 0.299 e. The van der Waals surface area contributed by atoms with Gasteiger partial charge in [-0.3, -0.25) is 4.79 Å². The lowest BCUT2D eigenvalue weighted by molar-refractivity contribution is -0.123. The lowest BCUT2D eigenvalue weighted by atomic mass is 9.64. The van der Waals surface area contributed by atoms with Crippen LogP contribution < -0.4 is 0 Å². The van der Waals surface area contributed by atoms with Crippen LogP contribution in [0, 0.1) is 5.92 Å². The molecule has 1 heteroatoms. The highest BCUT2D eigenvalue weighted by Gasteiger charge is 2.39. The molecule has 1 saturated carbocycles. The van der Waals surface area contributed by atoms with Gasteiger partial charge in [0.25, 0.3) is 0 Å². The molecule has 3 atom stereocenters. The fraction of sp³-hybridized carbons (Fsp3) is 0.438. The SMILES string of the molecule is C=CC1C[C@H]2CCCC(=O)[C@@H]2c2ccccc21. The van der Waals surface area contributed by atoms with E-state index >= 15 is 0 Å². The molecule has 0 aromatic heterocycles. The van der Waals surface area contributed by atoms with Gasteiger partial charge in [0.1, 0.15) is 5.78 Å². The first-order chi connectivity index (χ1) is 8.31. The number of benzene rings is 1. The minimum Gasteiger partial charge on any atom is -0.299 e. The second kappa shape index (κ2) is 4.14. The molecular formula is C16H18O. The van der Waals surface area contributed by atoms with Crippen LogP contribution in [0.4, 0.5) is 0 Å². The predicted octanol–water partition coefficient (Wildman–Crippen LogP) is 3.81. The minimum atomic E-state index is 0.177. The standard InChI is InChI=1S/C16H18O/c1-2-11-10-12-6-5-9-15(17)16(12)14-8-4-3-7-13(11)14/h2-4,7-8,11-12,16H,1,5-6,9-10H2/t11?,12-,16+/m1/s1. The maximum absolute atomic E-state index is 12.2. The van der Waals surface area contributed by atoms with Crippen molar-refractivity contribution in [2.45, 2.75) is 37.5 Å². The first kappa shape index (κ1) is 10.8. The minimum absolute atomic E-state index is 0.177. The van der Waals surface area contributed by atoms with Crippen molar-refractivity contribution in [1.82, 2.24) is 0 Å². The molecule has 0 N–H and O–H groups in total. The van der Waals surface area contributed by atoms with Crippen LogP contribution in [0.5, 0.6) is 0 Å². The molecule has 3 rings (SSSR count). The maximum Gasteiger partial charge on any atom is 0.140 e. The van der Waals surface area contributed by atoms with Crippen LogP contribution in [0.3, 0.4) is 0 Å². The van der Waals surface area contributed by atoms with Gasteiger partial charge >= 0.3 is 0 Å². The quantitative estimate of drug-likeness (QED) is 0.665. The summed E-state index contributed by atoms with van der Waals surface area (Å²) in [6.07, 6.45) is 6.21. The number of carbonyl (C=O) groups excluding carboxylic acids is 1. The number of carbonyl (C=O) groups is 1. The Kier molecular flexibility index (Phi) is 2.62. The molecule has 0 bridgehead atoms. The van der Waals surface area contributed by atoms with E-state index in [-0.39, 0.29) is 5.92 Å². The zero-order chi connectivity index (χ0) is 11.8. The van der Waals surface area contributed by atoms with E-state index in [1.54, 1.807) is 0 Å². The van der Waals surface area contributed by atoms with E-state index in [4.69, 9.17) is 0 Å². The van der Waals surface area contributed by atoms with Gasteiger partial charge in [-0.2, -0.15) is 0 Å². The molecule has 1 aromatic rings. The van der Waals surface area contributed by atoms with Crippen LogP contribution in [-0.2, 0) is 4.79 Å². The number of allylic oxidation sites excluding steroid dienone is 1. The first-order valence-electron chi connectivity index (χ1n) is 6.55. The maximum atomic E-state index is 12.2. The lowest BCUT2D eigenvalue weighted by Crippen LogP contribution is -2.32. The van der Waals surface area contributed by atoms with E-state index in [0.29, 0.717) is 17.6 Å². The Balaban J connectivity index is 2.10. The van der Waals surface area contributed by atoms with Crippen molar-refractivity contribution in [2.75, 3.05) is 0 Å². The highest BCUT2D eigenvalue weighted by Crippen LogP contribution is 2.47.